The summed E-state index contributed by atoms with van der Waals surface area (Å²) in [4.78, 5) is 15.1. The van der Waals surface area contributed by atoms with Crippen molar-refractivity contribution in [1.29, 1.82) is 0 Å². The molecule has 2 aromatic rings. The number of carbonyl (C=O) groups excluding carboxylic acids is 1. The molecule has 0 spiro atoms. The zero-order valence-corrected chi connectivity index (χ0v) is 14.9. The van der Waals surface area contributed by atoms with Crippen LogP contribution in [0, 0.1) is 6.92 Å². The highest BCUT2D eigenvalue weighted by Gasteiger charge is 2.40. The van der Waals surface area contributed by atoms with Crippen molar-refractivity contribution in [2.75, 3.05) is 13.7 Å². The number of likely N-dealkylation sites (tertiary alicyclic amines) is 1. The number of aromatic nitrogens is 2. The van der Waals surface area contributed by atoms with Crippen LogP contribution in [-0.4, -0.2) is 40.3 Å². The Morgan fingerprint density at radius 2 is 2.16 bits per heavy atom. The van der Waals surface area contributed by atoms with Crippen LogP contribution in [0.25, 0.3) is 0 Å². The number of nitrogens with zero attached hydrogens (tertiary/aromatic N) is 3. The second-order valence-corrected chi connectivity index (χ2v) is 6.74. The minimum atomic E-state index is -0.430. The van der Waals surface area contributed by atoms with Gasteiger partial charge in [0.05, 0.1) is 24.4 Å². The molecule has 2 atom stereocenters. The molecule has 1 aromatic carbocycles. The summed E-state index contributed by atoms with van der Waals surface area (Å²) in [6.45, 7) is 2.72. The summed E-state index contributed by atoms with van der Waals surface area (Å²) < 4.78 is 13.2. The lowest BCUT2D eigenvalue weighted by atomic mass is 10.0. The van der Waals surface area contributed by atoms with Crippen molar-refractivity contribution in [2.45, 2.75) is 38.3 Å². The van der Waals surface area contributed by atoms with Gasteiger partial charge in [0.25, 0.3) is 5.91 Å². The molecule has 132 valence electrons. The molecule has 2 aliphatic rings. The van der Waals surface area contributed by atoms with Crippen molar-refractivity contribution in [2.24, 2.45) is 7.05 Å². The number of benzene rings is 1. The van der Waals surface area contributed by atoms with Gasteiger partial charge in [0.1, 0.15) is 5.75 Å². The summed E-state index contributed by atoms with van der Waals surface area (Å²) in [5.41, 5.74) is 3.04. The first-order chi connectivity index (χ1) is 12.1. The highest BCUT2D eigenvalue weighted by atomic mass is 16.5. The third kappa shape index (κ3) is 2.56. The predicted octanol–water partition coefficient (Wildman–Crippen LogP) is 2.40. The van der Waals surface area contributed by atoms with E-state index < -0.39 is 6.10 Å². The molecule has 2 unspecified atom stereocenters. The zero-order chi connectivity index (χ0) is 17.6. The van der Waals surface area contributed by atoms with E-state index in [2.05, 4.69) is 5.10 Å². The average molecular weight is 341 g/mol. The van der Waals surface area contributed by atoms with Crippen molar-refractivity contribution in [1.82, 2.24) is 14.7 Å². The number of ether oxygens (including phenoxy) is 2. The molecule has 1 saturated heterocycles. The first-order valence-electron chi connectivity index (χ1n) is 8.72. The maximum atomic E-state index is 13.2. The molecule has 4 rings (SSSR count). The fourth-order valence-corrected chi connectivity index (χ4v) is 4.11. The topological polar surface area (TPSA) is 56.6 Å². The molecule has 6 nitrogen and oxygen atoms in total. The lowest BCUT2D eigenvalue weighted by Gasteiger charge is -2.27. The monoisotopic (exact) mass is 341 g/mol. The van der Waals surface area contributed by atoms with Crippen molar-refractivity contribution >= 4 is 5.91 Å². The second kappa shape index (κ2) is 6.10. The minimum absolute atomic E-state index is 0.00321. The van der Waals surface area contributed by atoms with Gasteiger partial charge in [-0.3, -0.25) is 4.79 Å². The van der Waals surface area contributed by atoms with Gasteiger partial charge in [-0.25, -0.2) is 4.68 Å². The summed E-state index contributed by atoms with van der Waals surface area (Å²) in [5.74, 6) is 1.62. The van der Waals surface area contributed by atoms with Crippen LogP contribution in [0.4, 0.5) is 0 Å². The van der Waals surface area contributed by atoms with E-state index in [1.165, 1.54) is 0 Å². The van der Waals surface area contributed by atoms with Crippen LogP contribution >= 0.6 is 0 Å². The third-order valence-electron chi connectivity index (χ3n) is 5.20. The fourth-order valence-electron chi connectivity index (χ4n) is 4.11. The summed E-state index contributed by atoms with van der Waals surface area (Å²) >= 11 is 0. The quantitative estimate of drug-likeness (QED) is 0.860. The number of hydrogen-bond acceptors (Lipinski definition) is 4. The summed E-state index contributed by atoms with van der Waals surface area (Å²) in [7, 11) is 3.52. The number of rotatable bonds is 3. The number of fused-ring (bicyclic) bond motifs is 1. The van der Waals surface area contributed by atoms with E-state index in [1.807, 2.05) is 43.1 Å². The second-order valence-electron chi connectivity index (χ2n) is 6.74. The number of amides is 1. The summed E-state index contributed by atoms with van der Waals surface area (Å²) in [6, 6.07) is 7.88. The van der Waals surface area contributed by atoms with Gasteiger partial charge in [0.15, 0.2) is 6.10 Å². The van der Waals surface area contributed by atoms with E-state index in [1.54, 1.807) is 11.8 Å². The Bertz CT molecular complexity index is 789. The van der Waals surface area contributed by atoms with E-state index in [-0.39, 0.29) is 11.9 Å². The Balaban J connectivity index is 1.60. The number of hydrogen-bond donors (Lipinski definition) is 0. The largest absolute Gasteiger partial charge is 0.481 e. The van der Waals surface area contributed by atoms with Crippen molar-refractivity contribution in [3.8, 4) is 11.6 Å². The number of para-hydroxylation sites is 1. The standard InChI is InChI=1S/C19H23N3O3/c1-12-17(19(24-3)21(2)20-12)14-8-6-10-22(14)18(23)16-11-13-7-4-5-9-15(13)25-16/h4-5,7,9,14,16H,6,8,10-11H2,1-3H3. The van der Waals surface area contributed by atoms with Crippen LogP contribution < -0.4 is 9.47 Å². The normalized spacial score (nSPS) is 22.0. The summed E-state index contributed by atoms with van der Waals surface area (Å²) in [6.07, 6.45) is 2.12. The number of aryl methyl sites for hydroxylation is 2. The smallest absolute Gasteiger partial charge is 0.264 e. The van der Waals surface area contributed by atoms with Gasteiger partial charge in [-0.15, -0.1) is 0 Å². The summed E-state index contributed by atoms with van der Waals surface area (Å²) in [5, 5.41) is 4.47. The molecule has 1 fully saturated rings. The number of carbonyl (C=O) groups is 1. The third-order valence-corrected chi connectivity index (χ3v) is 5.20. The Morgan fingerprint density at radius 3 is 2.92 bits per heavy atom. The van der Waals surface area contributed by atoms with Gasteiger partial charge in [-0.2, -0.15) is 5.10 Å². The van der Waals surface area contributed by atoms with Crippen molar-refractivity contribution in [3.63, 3.8) is 0 Å². The van der Waals surface area contributed by atoms with Crippen LogP contribution in [0.15, 0.2) is 24.3 Å². The lowest BCUT2D eigenvalue weighted by molar-refractivity contribution is -0.138. The molecule has 25 heavy (non-hydrogen) atoms. The van der Waals surface area contributed by atoms with Gasteiger partial charge < -0.3 is 14.4 Å². The first kappa shape index (κ1) is 16.0. The Kier molecular flexibility index (Phi) is 3.90. The molecule has 6 heteroatoms. The molecule has 0 radical (unpaired) electrons. The van der Waals surface area contributed by atoms with Crippen LogP contribution in [0.1, 0.15) is 35.7 Å². The van der Waals surface area contributed by atoms with Crippen LogP contribution in [0.5, 0.6) is 11.6 Å². The maximum Gasteiger partial charge on any atom is 0.264 e. The SMILES string of the molecule is COc1c(C2CCCN2C(=O)C2Cc3ccccc3O2)c(C)nn1C. The zero-order valence-electron chi connectivity index (χ0n) is 14.9. The lowest BCUT2D eigenvalue weighted by Crippen LogP contribution is -2.41. The first-order valence-corrected chi connectivity index (χ1v) is 8.72. The van der Waals surface area contributed by atoms with E-state index in [9.17, 15) is 4.79 Å². The van der Waals surface area contributed by atoms with Crippen LogP contribution in [0.2, 0.25) is 0 Å². The van der Waals surface area contributed by atoms with E-state index in [0.29, 0.717) is 6.42 Å². The van der Waals surface area contributed by atoms with Gasteiger partial charge in [0, 0.05) is 20.0 Å². The van der Waals surface area contributed by atoms with Crippen LogP contribution in [-0.2, 0) is 18.3 Å². The Hall–Kier alpha value is -2.50. The molecule has 0 aliphatic carbocycles. The fraction of sp³-hybridized carbons (Fsp3) is 0.474. The molecular weight excluding hydrogens is 318 g/mol. The Labute approximate surface area is 147 Å². The molecule has 3 heterocycles. The van der Waals surface area contributed by atoms with Crippen molar-refractivity contribution in [3.05, 3.63) is 41.1 Å². The Morgan fingerprint density at radius 1 is 1.36 bits per heavy atom. The van der Waals surface area contributed by atoms with E-state index in [0.717, 1.165) is 47.8 Å². The van der Waals surface area contributed by atoms with Gasteiger partial charge in [-0.05, 0) is 31.4 Å². The molecule has 0 saturated carbocycles. The molecule has 2 aliphatic heterocycles. The van der Waals surface area contributed by atoms with Gasteiger partial charge in [-0.1, -0.05) is 18.2 Å². The molecular formula is C19H23N3O3. The molecule has 0 bridgehead atoms. The highest BCUT2D eigenvalue weighted by Crippen LogP contribution is 2.40. The van der Waals surface area contributed by atoms with Gasteiger partial charge in [0.2, 0.25) is 5.88 Å². The van der Waals surface area contributed by atoms with Crippen LogP contribution in [0.3, 0.4) is 0 Å². The highest BCUT2D eigenvalue weighted by molar-refractivity contribution is 5.83. The average Bonchev–Trinajstić information content (AvgIpc) is 3.30. The van der Waals surface area contributed by atoms with E-state index >= 15 is 0 Å². The van der Waals surface area contributed by atoms with Gasteiger partial charge >= 0.3 is 0 Å². The molecule has 1 amide bonds. The number of methoxy groups -OCH3 is 1. The molecule has 1 aromatic heterocycles. The molecule has 0 N–H and O–H groups in total. The van der Waals surface area contributed by atoms with Crippen molar-refractivity contribution < 1.29 is 14.3 Å². The minimum Gasteiger partial charge on any atom is -0.481 e. The maximum absolute atomic E-state index is 13.2. The van der Waals surface area contributed by atoms with E-state index in [4.69, 9.17) is 9.47 Å². The predicted molar refractivity (Wildman–Crippen MR) is 92.7 cm³/mol.